The lowest BCUT2D eigenvalue weighted by Gasteiger charge is -2.37. The third kappa shape index (κ3) is 9.84. The van der Waals surface area contributed by atoms with Crippen molar-refractivity contribution in [2.24, 2.45) is 35.5 Å². The van der Waals surface area contributed by atoms with E-state index in [1.54, 1.807) is 5.57 Å². The van der Waals surface area contributed by atoms with Gasteiger partial charge in [0, 0.05) is 0 Å². The van der Waals surface area contributed by atoms with Crippen LogP contribution in [0.3, 0.4) is 0 Å². The molecule has 0 aromatic heterocycles. The molecule has 2 fully saturated rings. The van der Waals surface area contributed by atoms with Crippen LogP contribution in [0.15, 0.2) is 47.6 Å². The zero-order chi connectivity index (χ0) is 21.9. The van der Waals surface area contributed by atoms with Crippen LogP contribution in [-0.2, 0) is 0 Å². The zero-order valence-electron chi connectivity index (χ0n) is 21.0. The smallest absolute Gasteiger partial charge is 0.00817 e. The largest absolute Gasteiger partial charge is 0.0854 e. The molecular weight excluding hydrogens is 360 g/mol. The summed E-state index contributed by atoms with van der Waals surface area (Å²) in [5.74, 6) is 5.11. The summed E-state index contributed by atoms with van der Waals surface area (Å²) in [6, 6.07) is 0. The van der Waals surface area contributed by atoms with Crippen LogP contribution < -0.4 is 0 Å². The second-order valence-electron chi connectivity index (χ2n) is 11.1. The molecule has 1 atom stereocenters. The molecule has 0 heterocycles. The topological polar surface area (TPSA) is 0 Å². The summed E-state index contributed by atoms with van der Waals surface area (Å²) in [6.45, 7) is 13.5. The molecule has 0 amide bonds. The zero-order valence-corrected chi connectivity index (χ0v) is 21.0. The molecular formula is C30H50. The predicted octanol–water partition coefficient (Wildman–Crippen LogP) is 9.70. The van der Waals surface area contributed by atoms with Crippen molar-refractivity contribution < 1.29 is 0 Å². The molecule has 0 aliphatic heterocycles. The van der Waals surface area contributed by atoms with Crippen LogP contribution in [0, 0.1) is 35.5 Å². The van der Waals surface area contributed by atoms with Gasteiger partial charge in [0.2, 0.25) is 0 Å². The molecule has 0 saturated heterocycles. The fourth-order valence-electron chi connectivity index (χ4n) is 5.38. The van der Waals surface area contributed by atoms with E-state index in [1.165, 1.54) is 69.8 Å². The Balaban J connectivity index is 1.66. The van der Waals surface area contributed by atoms with Crippen molar-refractivity contribution in [1.82, 2.24) is 0 Å². The molecule has 0 bridgehead atoms. The molecule has 1 unspecified atom stereocenters. The summed E-state index contributed by atoms with van der Waals surface area (Å²) in [5.41, 5.74) is 2.95. The summed E-state index contributed by atoms with van der Waals surface area (Å²) in [5, 5.41) is 0. The number of allylic oxidation sites excluding steroid dienone is 8. The van der Waals surface area contributed by atoms with Crippen molar-refractivity contribution >= 4 is 0 Å². The first-order valence-corrected chi connectivity index (χ1v) is 13.0. The molecule has 0 aromatic carbocycles. The lowest BCUT2D eigenvalue weighted by molar-refractivity contribution is 0.152. The Hall–Kier alpha value is -1.04. The van der Waals surface area contributed by atoms with Gasteiger partial charge in [0.05, 0.1) is 0 Å². The van der Waals surface area contributed by atoms with E-state index in [2.05, 4.69) is 78.0 Å². The molecule has 0 N–H and O–H groups in total. The van der Waals surface area contributed by atoms with Crippen molar-refractivity contribution in [3.05, 3.63) is 47.6 Å². The Labute approximate surface area is 189 Å². The van der Waals surface area contributed by atoms with E-state index in [0.29, 0.717) is 11.8 Å². The molecule has 0 radical (unpaired) electrons. The molecule has 170 valence electrons. The Kier molecular flexibility index (Phi) is 11.3. The highest BCUT2D eigenvalue weighted by Crippen LogP contribution is 2.42. The first kappa shape index (κ1) is 25.2. The van der Waals surface area contributed by atoms with Gasteiger partial charge in [0.25, 0.3) is 0 Å². The SMILES string of the molecule is CC(C)=C/C=C(\C)CCC1CCC(C2CCC(/C=C/C(C)/C=C\C(C)C)CC2)CC1. The number of rotatable bonds is 9. The summed E-state index contributed by atoms with van der Waals surface area (Å²) in [4.78, 5) is 0. The molecule has 0 aromatic rings. The van der Waals surface area contributed by atoms with Gasteiger partial charge in [-0.15, -0.1) is 0 Å². The highest BCUT2D eigenvalue weighted by atomic mass is 14.4. The molecule has 2 aliphatic rings. The van der Waals surface area contributed by atoms with Gasteiger partial charge < -0.3 is 0 Å². The van der Waals surface area contributed by atoms with Crippen LogP contribution in [0.1, 0.15) is 106 Å². The monoisotopic (exact) mass is 410 g/mol. The minimum atomic E-state index is 0.584. The van der Waals surface area contributed by atoms with E-state index in [-0.39, 0.29) is 0 Å². The Bertz CT molecular complexity index is 580. The van der Waals surface area contributed by atoms with Gasteiger partial charge in [-0.3, -0.25) is 0 Å². The standard InChI is InChI=1S/C30H50/c1-23(2)7-9-25(5)11-13-27-15-19-29(20-16-27)30-21-17-28(18-22-30)14-12-26(6)10-8-24(3)4/h7-11,13,23,25,27-30H,12,14-22H2,1-6H3/b9-7-,13-11+,26-10+. The molecule has 0 spiro atoms. The first-order valence-electron chi connectivity index (χ1n) is 13.0. The lowest BCUT2D eigenvalue weighted by atomic mass is 9.68. The quantitative estimate of drug-likeness (QED) is 0.262. The van der Waals surface area contributed by atoms with E-state index in [4.69, 9.17) is 0 Å². The highest BCUT2D eigenvalue weighted by Gasteiger charge is 2.30. The Morgan fingerprint density at radius 3 is 1.90 bits per heavy atom. The maximum Gasteiger partial charge on any atom is -0.00817 e. The van der Waals surface area contributed by atoms with Crippen LogP contribution >= 0.6 is 0 Å². The third-order valence-corrected chi connectivity index (χ3v) is 7.51. The van der Waals surface area contributed by atoms with Crippen LogP contribution in [0.2, 0.25) is 0 Å². The van der Waals surface area contributed by atoms with Crippen molar-refractivity contribution in [2.75, 3.05) is 0 Å². The average molecular weight is 411 g/mol. The van der Waals surface area contributed by atoms with Crippen molar-refractivity contribution in [2.45, 2.75) is 106 Å². The molecule has 0 heteroatoms. The van der Waals surface area contributed by atoms with Crippen molar-refractivity contribution in [1.29, 1.82) is 0 Å². The van der Waals surface area contributed by atoms with Gasteiger partial charge >= 0.3 is 0 Å². The van der Waals surface area contributed by atoms with Gasteiger partial charge in [0.15, 0.2) is 0 Å². The van der Waals surface area contributed by atoms with E-state index in [9.17, 15) is 0 Å². The second kappa shape index (κ2) is 13.4. The van der Waals surface area contributed by atoms with E-state index < -0.39 is 0 Å². The number of hydrogen-bond donors (Lipinski definition) is 0. The Morgan fingerprint density at radius 1 is 0.733 bits per heavy atom. The third-order valence-electron chi connectivity index (χ3n) is 7.51. The fraction of sp³-hybridized carbons (Fsp3) is 0.733. The molecule has 0 nitrogen and oxygen atoms in total. The molecule has 2 aliphatic carbocycles. The van der Waals surface area contributed by atoms with E-state index in [0.717, 1.165) is 23.7 Å². The fourth-order valence-corrected chi connectivity index (χ4v) is 5.38. The highest BCUT2D eigenvalue weighted by molar-refractivity contribution is 5.14. The lowest BCUT2D eigenvalue weighted by Crippen LogP contribution is -2.25. The summed E-state index contributed by atoms with van der Waals surface area (Å²) < 4.78 is 0. The first-order chi connectivity index (χ1) is 14.3. The second-order valence-corrected chi connectivity index (χ2v) is 11.1. The Morgan fingerprint density at radius 2 is 1.33 bits per heavy atom. The van der Waals surface area contributed by atoms with Crippen LogP contribution in [0.5, 0.6) is 0 Å². The minimum Gasteiger partial charge on any atom is -0.0854 e. The maximum atomic E-state index is 2.54. The van der Waals surface area contributed by atoms with Crippen LogP contribution in [0.4, 0.5) is 0 Å². The van der Waals surface area contributed by atoms with Crippen molar-refractivity contribution in [3.8, 4) is 0 Å². The van der Waals surface area contributed by atoms with E-state index in [1.807, 2.05) is 0 Å². The van der Waals surface area contributed by atoms with E-state index >= 15 is 0 Å². The minimum absolute atomic E-state index is 0.584. The van der Waals surface area contributed by atoms with Gasteiger partial charge in [-0.25, -0.2) is 0 Å². The summed E-state index contributed by atoms with van der Waals surface area (Å²) in [6.07, 6.45) is 28.8. The van der Waals surface area contributed by atoms with Crippen molar-refractivity contribution in [3.63, 3.8) is 0 Å². The molecule has 2 rings (SSSR count). The average Bonchev–Trinajstić information content (AvgIpc) is 2.74. The van der Waals surface area contributed by atoms with Gasteiger partial charge in [-0.05, 0) is 108 Å². The molecule has 30 heavy (non-hydrogen) atoms. The summed E-state index contributed by atoms with van der Waals surface area (Å²) >= 11 is 0. The normalized spacial score (nSPS) is 29.6. The summed E-state index contributed by atoms with van der Waals surface area (Å²) in [7, 11) is 0. The predicted molar refractivity (Wildman–Crippen MR) is 136 cm³/mol. The van der Waals surface area contributed by atoms with Crippen LogP contribution in [-0.4, -0.2) is 0 Å². The van der Waals surface area contributed by atoms with Gasteiger partial charge in [0.1, 0.15) is 0 Å². The number of hydrogen-bond acceptors (Lipinski definition) is 0. The molecule has 2 saturated carbocycles. The maximum absolute atomic E-state index is 2.54. The van der Waals surface area contributed by atoms with Crippen LogP contribution in [0.25, 0.3) is 0 Å². The van der Waals surface area contributed by atoms with Gasteiger partial charge in [-0.2, -0.15) is 0 Å². The van der Waals surface area contributed by atoms with Gasteiger partial charge in [-0.1, -0.05) is 81.2 Å².